The number of amides is 2. The van der Waals surface area contributed by atoms with Gasteiger partial charge in [0.25, 0.3) is 5.56 Å². The van der Waals surface area contributed by atoms with Crippen molar-refractivity contribution < 1.29 is 9.59 Å². The van der Waals surface area contributed by atoms with E-state index in [4.69, 9.17) is 0 Å². The molecule has 1 heterocycles. The van der Waals surface area contributed by atoms with E-state index in [1.165, 1.54) is 18.0 Å². The van der Waals surface area contributed by atoms with Crippen LogP contribution in [0.1, 0.15) is 11.3 Å². The van der Waals surface area contributed by atoms with Gasteiger partial charge in [0.2, 0.25) is 11.8 Å². The molecule has 0 unspecified atom stereocenters. The van der Waals surface area contributed by atoms with Crippen LogP contribution in [0.4, 0.5) is 5.69 Å². The number of benzene rings is 1. The molecule has 7 nitrogen and oxygen atoms in total. The number of nitrogens with one attached hydrogen (secondary N) is 1. The van der Waals surface area contributed by atoms with Gasteiger partial charge in [0, 0.05) is 23.3 Å². The molecule has 0 spiro atoms. The van der Waals surface area contributed by atoms with Crippen LogP contribution in [0.15, 0.2) is 39.6 Å². The maximum atomic E-state index is 12.2. The van der Waals surface area contributed by atoms with Crippen LogP contribution in [0.5, 0.6) is 0 Å². The number of likely N-dealkylation sites (N-methyl/N-ethyl adjacent to an activating group) is 1. The van der Waals surface area contributed by atoms with Crippen LogP contribution >= 0.6 is 15.9 Å². The average Bonchev–Trinajstić information content (AvgIpc) is 2.53. The second kappa shape index (κ2) is 8.06. The van der Waals surface area contributed by atoms with E-state index >= 15 is 0 Å². The molecule has 2 rings (SSSR count). The highest BCUT2D eigenvalue weighted by Gasteiger charge is 2.15. The molecule has 2 aromatic rings. The van der Waals surface area contributed by atoms with Gasteiger partial charge in [-0.05, 0) is 43.7 Å². The molecule has 2 amide bonds. The SMILES string of the molecule is Cc1ccc(=O)n(CC(=O)N(C)CC(=O)Nc2ccc(Br)cc2C)n1. The molecule has 0 saturated carbocycles. The number of rotatable bonds is 5. The highest BCUT2D eigenvalue weighted by molar-refractivity contribution is 9.10. The number of hydrogen-bond acceptors (Lipinski definition) is 4. The van der Waals surface area contributed by atoms with E-state index < -0.39 is 0 Å². The Kier molecular flexibility index (Phi) is 6.08. The molecule has 1 N–H and O–H groups in total. The standard InChI is InChI=1S/C17H19BrN4O3/c1-11-8-13(18)5-6-14(11)19-15(23)9-21(3)17(25)10-22-16(24)7-4-12(2)20-22/h4-8H,9-10H2,1-3H3,(H,19,23). The molecule has 0 aliphatic carbocycles. The molecule has 25 heavy (non-hydrogen) atoms. The number of anilines is 1. The predicted molar refractivity (Wildman–Crippen MR) is 98.4 cm³/mol. The largest absolute Gasteiger partial charge is 0.335 e. The Bertz CT molecular complexity index is 863. The van der Waals surface area contributed by atoms with Crippen LogP contribution < -0.4 is 10.9 Å². The van der Waals surface area contributed by atoms with Gasteiger partial charge in [0.1, 0.15) is 6.54 Å². The normalized spacial score (nSPS) is 10.4. The molecule has 0 aliphatic heterocycles. The maximum Gasteiger partial charge on any atom is 0.267 e. The summed E-state index contributed by atoms with van der Waals surface area (Å²) in [4.78, 5) is 37.3. The molecule has 1 aromatic carbocycles. The van der Waals surface area contributed by atoms with Gasteiger partial charge in [-0.1, -0.05) is 15.9 Å². The maximum absolute atomic E-state index is 12.2. The molecule has 0 aliphatic rings. The minimum atomic E-state index is -0.372. The lowest BCUT2D eigenvalue weighted by Gasteiger charge is -2.17. The topological polar surface area (TPSA) is 84.3 Å². The van der Waals surface area contributed by atoms with Gasteiger partial charge in [-0.25, -0.2) is 4.68 Å². The Hall–Kier alpha value is -2.48. The molecule has 0 fully saturated rings. The van der Waals surface area contributed by atoms with E-state index in [2.05, 4.69) is 26.3 Å². The van der Waals surface area contributed by atoms with E-state index in [1.54, 1.807) is 19.1 Å². The first-order valence-corrected chi connectivity index (χ1v) is 8.40. The summed E-state index contributed by atoms with van der Waals surface area (Å²) in [6, 6.07) is 8.45. The number of hydrogen-bond donors (Lipinski definition) is 1. The van der Waals surface area contributed by atoms with Gasteiger partial charge >= 0.3 is 0 Å². The summed E-state index contributed by atoms with van der Waals surface area (Å²) < 4.78 is 2.01. The van der Waals surface area contributed by atoms with Gasteiger partial charge in [0.05, 0.1) is 12.2 Å². The summed E-state index contributed by atoms with van der Waals surface area (Å²) >= 11 is 3.36. The molecule has 0 saturated heterocycles. The smallest absolute Gasteiger partial charge is 0.267 e. The summed E-state index contributed by atoms with van der Waals surface area (Å²) in [5.41, 5.74) is 1.87. The monoisotopic (exact) mass is 406 g/mol. The second-order valence-electron chi connectivity index (χ2n) is 5.73. The molecule has 1 aromatic heterocycles. The van der Waals surface area contributed by atoms with Crippen molar-refractivity contribution in [2.45, 2.75) is 20.4 Å². The Labute approximate surface area is 153 Å². The molecule has 0 radical (unpaired) electrons. The summed E-state index contributed by atoms with van der Waals surface area (Å²) in [6.07, 6.45) is 0. The minimum Gasteiger partial charge on any atom is -0.335 e. The van der Waals surface area contributed by atoms with E-state index in [-0.39, 0.29) is 30.5 Å². The minimum absolute atomic E-state index is 0.116. The van der Waals surface area contributed by atoms with E-state index in [9.17, 15) is 14.4 Å². The third-order valence-electron chi connectivity index (χ3n) is 3.55. The van der Waals surface area contributed by atoms with Gasteiger partial charge in [0.15, 0.2) is 0 Å². The van der Waals surface area contributed by atoms with E-state index in [0.717, 1.165) is 14.7 Å². The Morgan fingerprint density at radius 3 is 2.64 bits per heavy atom. The highest BCUT2D eigenvalue weighted by Crippen LogP contribution is 2.19. The number of aryl methyl sites for hydroxylation is 2. The number of nitrogens with zero attached hydrogens (tertiary/aromatic N) is 3. The van der Waals surface area contributed by atoms with Crippen molar-refractivity contribution in [1.29, 1.82) is 0 Å². The molecule has 0 bridgehead atoms. The van der Waals surface area contributed by atoms with Crippen LogP contribution in [-0.2, 0) is 16.1 Å². The van der Waals surface area contributed by atoms with Crippen molar-refractivity contribution in [3.63, 3.8) is 0 Å². The third-order valence-corrected chi connectivity index (χ3v) is 4.05. The first kappa shape index (κ1) is 18.9. The first-order valence-electron chi connectivity index (χ1n) is 7.61. The van der Waals surface area contributed by atoms with Crippen molar-refractivity contribution in [2.75, 3.05) is 18.9 Å². The van der Waals surface area contributed by atoms with Crippen molar-refractivity contribution >= 4 is 33.4 Å². The van der Waals surface area contributed by atoms with Gasteiger partial charge in [-0.2, -0.15) is 5.10 Å². The zero-order chi connectivity index (χ0) is 18.6. The number of carbonyl (C=O) groups is 2. The quantitative estimate of drug-likeness (QED) is 0.818. The van der Waals surface area contributed by atoms with Gasteiger partial charge in [-0.3, -0.25) is 14.4 Å². The van der Waals surface area contributed by atoms with Crippen molar-refractivity contribution in [3.8, 4) is 0 Å². The zero-order valence-corrected chi connectivity index (χ0v) is 15.8. The van der Waals surface area contributed by atoms with E-state index in [1.807, 2.05) is 19.1 Å². The fourth-order valence-electron chi connectivity index (χ4n) is 2.17. The van der Waals surface area contributed by atoms with Crippen LogP contribution in [0.3, 0.4) is 0 Å². The van der Waals surface area contributed by atoms with Crippen molar-refractivity contribution in [3.05, 3.63) is 56.4 Å². The average molecular weight is 407 g/mol. The first-order chi connectivity index (χ1) is 11.8. The third kappa shape index (κ3) is 5.25. The summed E-state index contributed by atoms with van der Waals surface area (Å²) in [7, 11) is 1.51. The zero-order valence-electron chi connectivity index (χ0n) is 14.2. The molecule has 132 valence electrons. The predicted octanol–water partition coefficient (Wildman–Crippen LogP) is 1.72. The fourth-order valence-corrected chi connectivity index (χ4v) is 2.65. The van der Waals surface area contributed by atoms with Crippen LogP contribution in [-0.4, -0.2) is 40.1 Å². The van der Waals surface area contributed by atoms with Crippen LogP contribution in [0, 0.1) is 13.8 Å². The van der Waals surface area contributed by atoms with Gasteiger partial charge < -0.3 is 10.2 Å². The van der Waals surface area contributed by atoms with Crippen molar-refractivity contribution in [2.24, 2.45) is 0 Å². The highest BCUT2D eigenvalue weighted by atomic mass is 79.9. The lowest BCUT2D eigenvalue weighted by atomic mass is 10.2. The molecular formula is C17H19BrN4O3. The molecular weight excluding hydrogens is 388 g/mol. The number of carbonyl (C=O) groups excluding carboxylic acids is 2. The Balaban J connectivity index is 1.97. The molecule has 8 heteroatoms. The van der Waals surface area contributed by atoms with Crippen LogP contribution in [0.25, 0.3) is 0 Å². The van der Waals surface area contributed by atoms with E-state index in [0.29, 0.717) is 11.4 Å². The lowest BCUT2D eigenvalue weighted by Crippen LogP contribution is -2.39. The second-order valence-corrected chi connectivity index (χ2v) is 6.64. The fraction of sp³-hybridized carbons (Fsp3) is 0.294. The van der Waals surface area contributed by atoms with Gasteiger partial charge in [-0.15, -0.1) is 0 Å². The summed E-state index contributed by atoms with van der Waals surface area (Å²) in [5.74, 6) is -0.686. The number of aromatic nitrogens is 2. The summed E-state index contributed by atoms with van der Waals surface area (Å²) in [5, 5.41) is 6.78. The van der Waals surface area contributed by atoms with Crippen LogP contribution in [0.2, 0.25) is 0 Å². The summed E-state index contributed by atoms with van der Waals surface area (Å²) in [6.45, 7) is 3.29. The lowest BCUT2D eigenvalue weighted by molar-refractivity contribution is -0.134. The number of halogens is 1. The van der Waals surface area contributed by atoms with Crippen molar-refractivity contribution in [1.82, 2.24) is 14.7 Å². The molecule has 0 atom stereocenters. The Morgan fingerprint density at radius 2 is 1.96 bits per heavy atom. The Morgan fingerprint density at radius 1 is 1.24 bits per heavy atom.